The number of morpholine rings is 1. The van der Waals surface area contributed by atoms with Crippen molar-refractivity contribution in [1.29, 1.82) is 0 Å². The number of benzene rings is 1. The van der Waals surface area contributed by atoms with E-state index < -0.39 is 0 Å². The SMILES string of the molecule is C=CCC1CCN(C(C)c2ccc(N3CCOCC3)cc2)C(=O)O1. The van der Waals surface area contributed by atoms with Crippen LogP contribution in [-0.2, 0) is 9.47 Å². The van der Waals surface area contributed by atoms with Gasteiger partial charge in [0.05, 0.1) is 19.3 Å². The summed E-state index contributed by atoms with van der Waals surface area (Å²) in [6.45, 7) is 9.91. The maximum absolute atomic E-state index is 12.3. The molecule has 2 atom stereocenters. The highest BCUT2D eigenvalue weighted by molar-refractivity contribution is 5.69. The minimum atomic E-state index is -0.224. The molecule has 0 N–H and O–H groups in total. The van der Waals surface area contributed by atoms with Crippen LogP contribution in [0.1, 0.15) is 31.4 Å². The van der Waals surface area contributed by atoms with Gasteiger partial charge in [0, 0.05) is 38.2 Å². The van der Waals surface area contributed by atoms with Crippen molar-refractivity contribution in [3.8, 4) is 0 Å². The predicted molar refractivity (Wildman–Crippen MR) is 94.3 cm³/mol. The first kappa shape index (κ1) is 16.8. The van der Waals surface area contributed by atoms with Crippen molar-refractivity contribution in [2.75, 3.05) is 37.7 Å². The third-order valence-electron chi connectivity index (χ3n) is 4.84. The summed E-state index contributed by atoms with van der Waals surface area (Å²) in [6.07, 6.45) is 3.14. The maximum atomic E-state index is 12.3. The Labute approximate surface area is 143 Å². The van der Waals surface area contributed by atoms with E-state index in [1.54, 1.807) is 6.08 Å². The first-order valence-corrected chi connectivity index (χ1v) is 8.70. The summed E-state index contributed by atoms with van der Waals surface area (Å²) in [5.74, 6) is 0. The lowest BCUT2D eigenvalue weighted by Crippen LogP contribution is -2.43. The van der Waals surface area contributed by atoms with Crippen LogP contribution in [0.15, 0.2) is 36.9 Å². The van der Waals surface area contributed by atoms with E-state index in [1.165, 1.54) is 5.69 Å². The van der Waals surface area contributed by atoms with Gasteiger partial charge in [-0.05, 0) is 24.6 Å². The number of anilines is 1. The Morgan fingerprint density at radius 1 is 1.25 bits per heavy atom. The van der Waals surface area contributed by atoms with Crippen molar-refractivity contribution in [1.82, 2.24) is 4.90 Å². The highest BCUT2D eigenvalue weighted by Crippen LogP contribution is 2.27. The van der Waals surface area contributed by atoms with Gasteiger partial charge in [0.25, 0.3) is 0 Å². The van der Waals surface area contributed by atoms with Gasteiger partial charge in [-0.15, -0.1) is 6.58 Å². The van der Waals surface area contributed by atoms with Crippen molar-refractivity contribution in [2.45, 2.75) is 31.9 Å². The average Bonchev–Trinajstić information content (AvgIpc) is 2.62. The Kier molecular flexibility index (Phi) is 5.41. The second-order valence-electron chi connectivity index (χ2n) is 6.38. The summed E-state index contributed by atoms with van der Waals surface area (Å²) in [5, 5.41) is 0. The van der Waals surface area contributed by atoms with Crippen molar-refractivity contribution in [2.24, 2.45) is 0 Å². The molecule has 5 heteroatoms. The van der Waals surface area contributed by atoms with Gasteiger partial charge in [-0.25, -0.2) is 4.79 Å². The molecular formula is C19H26N2O3. The molecule has 0 aromatic heterocycles. The average molecular weight is 330 g/mol. The van der Waals surface area contributed by atoms with E-state index in [0.29, 0.717) is 0 Å². The number of hydrogen-bond donors (Lipinski definition) is 0. The van der Waals surface area contributed by atoms with Crippen LogP contribution >= 0.6 is 0 Å². The minimum Gasteiger partial charge on any atom is -0.446 e. The third kappa shape index (κ3) is 3.73. The smallest absolute Gasteiger partial charge is 0.410 e. The van der Waals surface area contributed by atoms with E-state index in [9.17, 15) is 4.79 Å². The highest BCUT2D eigenvalue weighted by atomic mass is 16.6. The molecule has 2 saturated heterocycles. The Hall–Kier alpha value is -2.01. The van der Waals surface area contributed by atoms with Crippen LogP contribution in [0.3, 0.4) is 0 Å². The molecule has 0 radical (unpaired) electrons. The fourth-order valence-electron chi connectivity index (χ4n) is 3.31. The predicted octanol–water partition coefficient (Wildman–Crippen LogP) is 3.37. The Morgan fingerprint density at radius 3 is 2.58 bits per heavy atom. The van der Waals surface area contributed by atoms with E-state index in [0.717, 1.165) is 51.3 Å². The molecular weight excluding hydrogens is 304 g/mol. The summed E-state index contributed by atoms with van der Waals surface area (Å²) in [7, 11) is 0. The third-order valence-corrected chi connectivity index (χ3v) is 4.84. The molecule has 2 aliphatic rings. The number of cyclic esters (lactones) is 1. The number of carbonyl (C=O) groups is 1. The number of amides is 1. The summed E-state index contributed by atoms with van der Waals surface area (Å²) in [4.78, 5) is 16.4. The number of hydrogen-bond acceptors (Lipinski definition) is 4. The van der Waals surface area contributed by atoms with Crippen LogP contribution in [0.2, 0.25) is 0 Å². The van der Waals surface area contributed by atoms with Crippen LogP contribution in [-0.4, -0.2) is 49.9 Å². The van der Waals surface area contributed by atoms with Gasteiger partial charge in [-0.1, -0.05) is 18.2 Å². The Bertz CT molecular complexity index is 566. The van der Waals surface area contributed by atoms with Crippen LogP contribution in [0.5, 0.6) is 0 Å². The van der Waals surface area contributed by atoms with Gasteiger partial charge in [0.2, 0.25) is 0 Å². The van der Waals surface area contributed by atoms with Gasteiger partial charge in [0.1, 0.15) is 6.10 Å². The number of rotatable bonds is 5. The van der Waals surface area contributed by atoms with E-state index in [-0.39, 0.29) is 18.2 Å². The number of ether oxygens (including phenoxy) is 2. The quantitative estimate of drug-likeness (QED) is 0.776. The minimum absolute atomic E-state index is 0.0147. The molecule has 2 heterocycles. The fourth-order valence-corrected chi connectivity index (χ4v) is 3.31. The Balaban J connectivity index is 1.63. The molecule has 2 aliphatic heterocycles. The van der Waals surface area contributed by atoms with Crippen LogP contribution in [0.25, 0.3) is 0 Å². The summed E-state index contributed by atoms with van der Waals surface area (Å²) in [6, 6.07) is 8.50. The molecule has 0 aliphatic carbocycles. The second kappa shape index (κ2) is 7.71. The zero-order chi connectivity index (χ0) is 16.9. The van der Waals surface area contributed by atoms with E-state index in [2.05, 4.69) is 42.7 Å². The lowest BCUT2D eigenvalue weighted by atomic mass is 10.0. The topological polar surface area (TPSA) is 42.0 Å². The maximum Gasteiger partial charge on any atom is 0.410 e. The van der Waals surface area contributed by atoms with Crippen molar-refractivity contribution in [3.05, 3.63) is 42.5 Å². The molecule has 3 rings (SSSR count). The van der Waals surface area contributed by atoms with Gasteiger partial charge in [-0.3, -0.25) is 0 Å². The largest absolute Gasteiger partial charge is 0.446 e. The molecule has 2 unspecified atom stereocenters. The molecule has 24 heavy (non-hydrogen) atoms. The summed E-state index contributed by atoms with van der Waals surface area (Å²) >= 11 is 0. The highest BCUT2D eigenvalue weighted by Gasteiger charge is 2.30. The van der Waals surface area contributed by atoms with Crippen molar-refractivity contribution < 1.29 is 14.3 Å². The Morgan fingerprint density at radius 2 is 1.96 bits per heavy atom. The fraction of sp³-hybridized carbons (Fsp3) is 0.526. The first-order valence-electron chi connectivity index (χ1n) is 8.70. The molecule has 1 amide bonds. The van der Waals surface area contributed by atoms with Crippen LogP contribution in [0, 0.1) is 0 Å². The zero-order valence-electron chi connectivity index (χ0n) is 14.3. The lowest BCUT2D eigenvalue weighted by molar-refractivity contribution is 0.0146. The monoisotopic (exact) mass is 330 g/mol. The number of nitrogens with zero attached hydrogens (tertiary/aromatic N) is 2. The molecule has 1 aromatic rings. The molecule has 130 valence electrons. The molecule has 1 aromatic carbocycles. The summed E-state index contributed by atoms with van der Waals surface area (Å²) in [5.41, 5.74) is 2.34. The van der Waals surface area contributed by atoms with Gasteiger partial charge in [0.15, 0.2) is 0 Å². The van der Waals surface area contributed by atoms with Crippen molar-refractivity contribution >= 4 is 11.8 Å². The standard InChI is InChI=1S/C19H26N2O3/c1-3-4-18-9-10-21(19(22)24-18)15(2)16-5-7-17(8-6-16)20-11-13-23-14-12-20/h3,5-8,15,18H,1,4,9-14H2,2H3. The second-order valence-corrected chi connectivity index (χ2v) is 6.38. The normalized spacial score (nSPS) is 22.9. The molecule has 0 bridgehead atoms. The van der Waals surface area contributed by atoms with E-state index >= 15 is 0 Å². The molecule has 2 fully saturated rings. The molecule has 0 spiro atoms. The molecule has 0 saturated carbocycles. The van der Waals surface area contributed by atoms with Crippen molar-refractivity contribution in [3.63, 3.8) is 0 Å². The van der Waals surface area contributed by atoms with E-state index in [1.807, 2.05) is 4.90 Å². The van der Waals surface area contributed by atoms with Crippen LogP contribution in [0.4, 0.5) is 10.5 Å². The lowest BCUT2D eigenvalue weighted by Gasteiger charge is -2.35. The van der Waals surface area contributed by atoms with E-state index in [4.69, 9.17) is 9.47 Å². The van der Waals surface area contributed by atoms with Gasteiger partial charge >= 0.3 is 6.09 Å². The molecule has 5 nitrogen and oxygen atoms in total. The zero-order valence-corrected chi connectivity index (χ0v) is 14.3. The summed E-state index contributed by atoms with van der Waals surface area (Å²) < 4.78 is 10.9. The van der Waals surface area contributed by atoms with Crippen LogP contribution < -0.4 is 4.90 Å². The van der Waals surface area contributed by atoms with Gasteiger partial charge in [-0.2, -0.15) is 0 Å². The van der Waals surface area contributed by atoms with Gasteiger partial charge < -0.3 is 19.3 Å². The number of carbonyl (C=O) groups excluding carboxylic acids is 1. The first-order chi connectivity index (χ1) is 11.7.